The van der Waals surface area contributed by atoms with Gasteiger partial charge in [0.2, 0.25) is 0 Å². The number of piperidine rings is 1. The van der Waals surface area contributed by atoms with Crippen LogP contribution < -0.4 is 0 Å². The monoisotopic (exact) mass is 287 g/mol. The molecule has 2 aliphatic rings. The third-order valence-corrected chi connectivity index (χ3v) is 5.16. The molecular weight excluding hydrogens is 266 g/mol. The minimum Gasteiger partial charge on any atom is -0.481 e. The average Bonchev–Trinajstić information content (AvgIpc) is 3.21. The number of carboxylic acids is 1. The molecule has 2 fully saturated rings. The van der Waals surface area contributed by atoms with Gasteiger partial charge >= 0.3 is 5.97 Å². The lowest BCUT2D eigenvalue weighted by molar-refractivity contribution is -0.139. The van der Waals surface area contributed by atoms with Crippen molar-refractivity contribution in [1.29, 1.82) is 0 Å². The SMILES string of the molecule is CCc1ccccc1C(=O)N1CCC2(CC1)CC2C(=O)O. The molecule has 1 N–H and O–H groups in total. The van der Waals surface area contributed by atoms with Crippen LogP contribution in [0, 0.1) is 11.3 Å². The second-order valence-electron chi connectivity index (χ2n) is 6.26. The van der Waals surface area contributed by atoms with E-state index < -0.39 is 5.97 Å². The van der Waals surface area contributed by atoms with E-state index in [9.17, 15) is 9.59 Å². The highest BCUT2D eigenvalue weighted by atomic mass is 16.4. The summed E-state index contributed by atoms with van der Waals surface area (Å²) in [6.07, 6.45) is 3.28. The number of carbonyl (C=O) groups excluding carboxylic acids is 1. The van der Waals surface area contributed by atoms with Gasteiger partial charge in [0.15, 0.2) is 0 Å². The molecule has 112 valence electrons. The first kappa shape index (κ1) is 14.1. The summed E-state index contributed by atoms with van der Waals surface area (Å²) in [6.45, 7) is 3.42. The predicted molar refractivity (Wildman–Crippen MR) is 79.1 cm³/mol. The van der Waals surface area contributed by atoms with Crippen LogP contribution in [0.15, 0.2) is 24.3 Å². The number of likely N-dealkylation sites (tertiary alicyclic amines) is 1. The third kappa shape index (κ3) is 2.43. The Bertz CT molecular complexity index is 573. The molecule has 1 heterocycles. The Balaban J connectivity index is 1.67. The van der Waals surface area contributed by atoms with E-state index in [0.717, 1.165) is 36.8 Å². The van der Waals surface area contributed by atoms with Gasteiger partial charge in [-0.3, -0.25) is 9.59 Å². The number of nitrogens with zero attached hydrogens (tertiary/aromatic N) is 1. The number of benzene rings is 1. The van der Waals surface area contributed by atoms with Crippen molar-refractivity contribution in [2.24, 2.45) is 11.3 Å². The Hall–Kier alpha value is -1.84. The zero-order valence-corrected chi connectivity index (χ0v) is 12.3. The normalized spacial score (nSPS) is 23.1. The highest BCUT2D eigenvalue weighted by Crippen LogP contribution is 2.59. The van der Waals surface area contributed by atoms with E-state index >= 15 is 0 Å². The summed E-state index contributed by atoms with van der Waals surface area (Å²) in [5, 5.41) is 9.11. The zero-order chi connectivity index (χ0) is 15.0. The van der Waals surface area contributed by atoms with Gasteiger partial charge in [-0.1, -0.05) is 25.1 Å². The van der Waals surface area contributed by atoms with Crippen molar-refractivity contribution in [3.8, 4) is 0 Å². The summed E-state index contributed by atoms with van der Waals surface area (Å²) in [6, 6.07) is 7.75. The van der Waals surface area contributed by atoms with E-state index in [-0.39, 0.29) is 17.2 Å². The maximum Gasteiger partial charge on any atom is 0.307 e. The molecule has 1 aliphatic carbocycles. The van der Waals surface area contributed by atoms with Crippen LogP contribution in [0.4, 0.5) is 0 Å². The van der Waals surface area contributed by atoms with Gasteiger partial charge in [0.25, 0.3) is 5.91 Å². The molecule has 1 unspecified atom stereocenters. The average molecular weight is 287 g/mol. The van der Waals surface area contributed by atoms with Gasteiger partial charge in [0.1, 0.15) is 0 Å². The van der Waals surface area contributed by atoms with E-state index in [1.807, 2.05) is 29.2 Å². The minimum atomic E-state index is -0.675. The summed E-state index contributed by atoms with van der Waals surface area (Å²) in [7, 11) is 0. The topological polar surface area (TPSA) is 57.6 Å². The molecule has 0 radical (unpaired) electrons. The predicted octanol–water partition coefficient (Wildman–Crippen LogP) is 2.58. The number of amides is 1. The first-order valence-corrected chi connectivity index (χ1v) is 7.67. The van der Waals surface area contributed by atoms with Gasteiger partial charge < -0.3 is 10.0 Å². The molecule has 3 rings (SSSR count). The first-order valence-electron chi connectivity index (χ1n) is 7.67. The van der Waals surface area contributed by atoms with Gasteiger partial charge in [0.05, 0.1) is 5.92 Å². The molecule has 0 aromatic heterocycles. The Kier molecular flexibility index (Phi) is 3.47. The maximum absolute atomic E-state index is 12.6. The fourth-order valence-corrected chi connectivity index (χ4v) is 3.61. The summed E-state index contributed by atoms with van der Waals surface area (Å²) in [4.78, 5) is 25.6. The number of aliphatic carboxylic acids is 1. The standard InChI is InChI=1S/C17H21NO3/c1-2-12-5-3-4-6-13(12)15(19)18-9-7-17(8-10-18)11-14(17)16(20)21/h3-6,14H,2,7-11H2,1H3,(H,20,21). The molecule has 4 nitrogen and oxygen atoms in total. The van der Waals surface area contributed by atoms with Crippen LogP contribution in [0.1, 0.15) is 42.1 Å². The second-order valence-corrected chi connectivity index (χ2v) is 6.26. The Morgan fingerprint density at radius 3 is 2.52 bits per heavy atom. The minimum absolute atomic E-state index is 0.0209. The summed E-state index contributed by atoms with van der Waals surface area (Å²) >= 11 is 0. The first-order chi connectivity index (χ1) is 10.1. The smallest absolute Gasteiger partial charge is 0.307 e. The number of carboxylic acid groups (broad SMARTS) is 1. The molecule has 1 atom stereocenters. The number of rotatable bonds is 3. The number of aryl methyl sites for hydroxylation is 1. The molecular formula is C17H21NO3. The van der Waals surface area contributed by atoms with Crippen molar-refractivity contribution in [3.63, 3.8) is 0 Å². The van der Waals surface area contributed by atoms with Gasteiger partial charge in [-0.25, -0.2) is 0 Å². The quantitative estimate of drug-likeness (QED) is 0.929. The summed E-state index contributed by atoms with van der Waals surface area (Å²) in [5.41, 5.74) is 1.85. The van der Waals surface area contributed by atoms with Crippen molar-refractivity contribution in [2.45, 2.75) is 32.6 Å². The molecule has 4 heteroatoms. The zero-order valence-electron chi connectivity index (χ0n) is 12.3. The molecule has 1 saturated carbocycles. The van der Waals surface area contributed by atoms with Crippen LogP contribution in [0.3, 0.4) is 0 Å². The molecule has 0 bridgehead atoms. The number of hydrogen-bond acceptors (Lipinski definition) is 2. The molecule has 1 amide bonds. The van der Waals surface area contributed by atoms with Crippen LogP contribution in [0.25, 0.3) is 0 Å². The summed E-state index contributed by atoms with van der Waals surface area (Å²) < 4.78 is 0. The fourth-order valence-electron chi connectivity index (χ4n) is 3.61. The highest BCUT2D eigenvalue weighted by Gasteiger charge is 2.59. The molecule has 1 aromatic rings. The van der Waals surface area contributed by atoms with Crippen LogP contribution >= 0.6 is 0 Å². The van der Waals surface area contributed by atoms with Crippen LogP contribution in [-0.4, -0.2) is 35.0 Å². The van der Waals surface area contributed by atoms with Gasteiger partial charge in [0, 0.05) is 18.7 Å². The van der Waals surface area contributed by atoms with E-state index in [2.05, 4.69) is 6.92 Å². The largest absolute Gasteiger partial charge is 0.481 e. The van der Waals surface area contributed by atoms with Crippen molar-refractivity contribution in [1.82, 2.24) is 4.90 Å². The Labute approximate surface area is 124 Å². The lowest BCUT2D eigenvalue weighted by Gasteiger charge is -2.33. The fraction of sp³-hybridized carbons (Fsp3) is 0.529. The number of hydrogen-bond donors (Lipinski definition) is 1. The van der Waals surface area contributed by atoms with Crippen molar-refractivity contribution in [2.75, 3.05) is 13.1 Å². The lowest BCUT2D eigenvalue weighted by atomic mass is 9.90. The molecule has 1 aliphatic heterocycles. The van der Waals surface area contributed by atoms with E-state index in [0.29, 0.717) is 13.1 Å². The Morgan fingerprint density at radius 1 is 1.29 bits per heavy atom. The second kappa shape index (κ2) is 5.17. The van der Waals surface area contributed by atoms with Gasteiger partial charge in [-0.15, -0.1) is 0 Å². The third-order valence-electron chi connectivity index (χ3n) is 5.16. The molecule has 1 spiro atoms. The van der Waals surface area contributed by atoms with Crippen LogP contribution in [0.5, 0.6) is 0 Å². The maximum atomic E-state index is 12.6. The molecule has 1 aromatic carbocycles. The van der Waals surface area contributed by atoms with Gasteiger partial charge in [-0.05, 0) is 42.7 Å². The molecule has 1 saturated heterocycles. The van der Waals surface area contributed by atoms with Gasteiger partial charge in [-0.2, -0.15) is 0 Å². The Morgan fingerprint density at radius 2 is 1.95 bits per heavy atom. The van der Waals surface area contributed by atoms with E-state index in [1.54, 1.807) is 0 Å². The van der Waals surface area contributed by atoms with E-state index in [4.69, 9.17) is 5.11 Å². The summed E-state index contributed by atoms with van der Waals surface area (Å²) in [5.74, 6) is -0.765. The lowest BCUT2D eigenvalue weighted by Crippen LogP contribution is -2.40. The van der Waals surface area contributed by atoms with Crippen LogP contribution in [0.2, 0.25) is 0 Å². The van der Waals surface area contributed by atoms with Crippen molar-refractivity contribution < 1.29 is 14.7 Å². The number of carbonyl (C=O) groups is 2. The highest BCUT2D eigenvalue weighted by molar-refractivity contribution is 5.95. The van der Waals surface area contributed by atoms with Crippen molar-refractivity contribution in [3.05, 3.63) is 35.4 Å². The van der Waals surface area contributed by atoms with Crippen molar-refractivity contribution >= 4 is 11.9 Å². The van der Waals surface area contributed by atoms with E-state index in [1.165, 1.54) is 0 Å². The molecule has 21 heavy (non-hydrogen) atoms. The van der Waals surface area contributed by atoms with Crippen LogP contribution in [-0.2, 0) is 11.2 Å².